The lowest BCUT2D eigenvalue weighted by atomic mass is 10.1. The number of hydrogen-bond donors (Lipinski definition) is 0. The number of thioether (sulfide) groups is 1. The number of aryl methyl sites for hydroxylation is 2. The number of anilines is 1. The lowest BCUT2D eigenvalue weighted by molar-refractivity contribution is -0.113. The average molecular weight is 424 g/mol. The average Bonchev–Trinajstić information content (AvgIpc) is 3.22. The summed E-state index contributed by atoms with van der Waals surface area (Å²) in [5, 5.41) is 0.780. The van der Waals surface area contributed by atoms with E-state index in [0.29, 0.717) is 15.0 Å². The number of hydrogen-bond acceptors (Lipinski definition) is 5. The Bertz CT molecular complexity index is 1090. The van der Waals surface area contributed by atoms with Gasteiger partial charge in [-0.25, -0.2) is 0 Å². The van der Waals surface area contributed by atoms with Gasteiger partial charge < -0.3 is 4.42 Å². The molecule has 0 atom stereocenters. The highest BCUT2D eigenvalue weighted by molar-refractivity contribution is 8.27. The number of thiocarbonyl (C=S) groups is 1. The fourth-order valence-electron chi connectivity index (χ4n) is 2.76. The van der Waals surface area contributed by atoms with E-state index >= 15 is 0 Å². The first-order chi connectivity index (χ1) is 13.5. The van der Waals surface area contributed by atoms with Crippen LogP contribution in [0.25, 0.3) is 6.08 Å². The molecule has 0 spiro atoms. The maximum absolute atomic E-state index is 12.9. The molecule has 0 N–H and O–H groups in total. The minimum absolute atomic E-state index is 0.119. The molecule has 28 heavy (non-hydrogen) atoms. The monoisotopic (exact) mass is 423 g/mol. The van der Waals surface area contributed by atoms with E-state index in [1.54, 1.807) is 22.7 Å². The Kier molecular flexibility index (Phi) is 5.44. The lowest BCUT2D eigenvalue weighted by Crippen LogP contribution is -2.27. The Hall–Kier alpha value is -2.28. The zero-order valence-corrected chi connectivity index (χ0v) is 17.8. The molecule has 3 nitrogen and oxygen atoms in total. The van der Waals surface area contributed by atoms with Crippen molar-refractivity contribution < 1.29 is 9.21 Å². The van der Waals surface area contributed by atoms with E-state index in [4.69, 9.17) is 16.6 Å². The van der Waals surface area contributed by atoms with Gasteiger partial charge in [0.2, 0.25) is 0 Å². The number of amides is 1. The third-order valence-electron chi connectivity index (χ3n) is 4.38. The molecule has 1 aromatic heterocycles. The first-order valence-electron chi connectivity index (χ1n) is 8.69. The highest BCUT2D eigenvalue weighted by Crippen LogP contribution is 2.37. The van der Waals surface area contributed by atoms with E-state index in [0.717, 1.165) is 21.2 Å². The van der Waals surface area contributed by atoms with E-state index < -0.39 is 0 Å². The summed E-state index contributed by atoms with van der Waals surface area (Å²) in [6.07, 6.45) is 1.76. The fraction of sp³-hybridized carbons (Fsp3) is 0.0909. The van der Waals surface area contributed by atoms with Gasteiger partial charge in [0.25, 0.3) is 5.91 Å². The van der Waals surface area contributed by atoms with Crippen LogP contribution in [0.2, 0.25) is 0 Å². The van der Waals surface area contributed by atoms with Crippen molar-refractivity contribution in [3.05, 3.63) is 82.5 Å². The summed E-state index contributed by atoms with van der Waals surface area (Å²) in [7, 11) is 0. The van der Waals surface area contributed by atoms with Crippen molar-refractivity contribution in [2.75, 3.05) is 4.90 Å². The Morgan fingerprint density at radius 1 is 1.04 bits per heavy atom. The number of furan rings is 1. The van der Waals surface area contributed by atoms with E-state index in [1.165, 1.54) is 17.3 Å². The summed E-state index contributed by atoms with van der Waals surface area (Å²) >= 11 is 8.29. The number of nitrogens with zero attached hydrogens (tertiary/aromatic N) is 1. The van der Waals surface area contributed by atoms with Gasteiger partial charge in [-0.1, -0.05) is 60.0 Å². The minimum Gasteiger partial charge on any atom is -0.450 e. The van der Waals surface area contributed by atoms with E-state index in [9.17, 15) is 4.79 Å². The van der Waals surface area contributed by atoms with Gasteiger partial charge in [0, 0.05) is 11.0 Å². The zero-order valence-electron chi connectivity index (χ0n) is 15.3. The van der Waals surface area contributed by atoms with Crippen molar-refractivity contribution in [2.45, 2.75) is 23.8 Å². The number of benzene rings is 2. The van der Waals surface area contributed by atoms with Crippen LogP contribution in [0.5, 0.6) is 0 Å². The topological polar surface area (TPSA) is 33.5 Å². The maximum Gasteiger partial charge on any atom is 0.270 e. The van der Waals surface area contributed by atoms with Crippen LogP contribution >= 0.6 is 35.7 Å². The third kappa shape index (κ3) is 3.94. The van der Waals surface area contributed by atoms with Crippen molar-refractivity contribution in [1.29, 1.82) is 0 Å². The van der Waals surface area contributed by atoms with Crippen LogP contribution in [0.3, 0.4) is 0 Å². The molecular formula is C22H17NO2S3. The van der Waals surface area contributed by atoms with Crippen LogP contribution in [0.4, 0.5) is 5.69 Å². The zero-order chi connectivity index (χ0) is 19.7. The molecule has 0 bridgehead atoms. The van der Waals surface area contributed by atoms with Gasteiger partial charge in [0.15, 0.2) is 9.41 Å². The van der Waals surface area contributed by atoms with Crippen LogP contribution < -0.4 is 4.90 Å². The van der Waals surface area contributed by atoms with Crippen LogP contribution in [-0.2, 0) is 4.79 Å². The molecule has 2 heterocycles. The molecule has 4 rings (SSSR count). The summed E-state index contributed by atoms with van der Waals surface area (Å²) in [5.74, 6) is 0.519. The molecule has 0 aliphatic carbocycles. The van der Waals surface area contributed by atoms with Crippen LogP contribution in [-0.4, -0.2) is 10.2 Å². The van der Waals surface area contributed by atoms with Gasteiger partial charge >= 0.3 is 0 Å². The molecule has 0 radical (unpaired) electrons. The molecule has 1 aliphatic heterocycles. The Morgan fingerprint density at radius 2 is 1.82 bits per heavy atom. The second-order valence-electron chi connectivity index (χ2n) is 6.36. The third-order valence-corrected chi connectivity index (χ3v) is 6.61. The number of rotatable bonds is 4. The predicted molar refractivity (Wildman–Crippen MR) is 121 cm³/mol. The molecule has 3 aromatic rings. The first-order valence-corrected chi connectivity index (χ1v) is 10.7. The molecule has 1 amide bonds. The van der Waals surface area contributed by atoms with E-state index in [2.05, 4.69) is 0 Å². The van der Waals surface area contributed by atoms with Crippen molar-refractivity contribution in [3.63, 3.8) is 0 Å². The number of carbonyl (C=O) groups is 1. The van der Waals surface area contributed by atoms with Gasteiger partial charge in [-0.05, 0) is 61.4 Å². The van der Waals surface area contributed by atoms with E-state index in [-0.39, 0.29) is 5.91 Å². The molecule has 0 saturated carbocycles. The molecular weight excluding hydrogens is 406 g/mol. The van der Waals surface area contributed by atoms with Gasteiger partial charge in [0.1, 0.15) is 5.76 Å². The van der Waals surface area contributed by atoms with Crippen molar-refractivity contribution in [3.8, 4) is 0 Å². The first kappa shape index (κ1) is 19.1. The Balaban J connectivity index is 1.55. The second kappa shape index (κ2) is 7.99. The molecule has 2 aromatic carbocycles. The molecule has 6 heteroatoms. The van der Waals surface area contributed by atoms with Crippen LogP contribution in [0.15, 0.2) is 80.0 Å². The molecule has 140 valence electrons. The van der Waals surface area contributed by atoms with Gasteiger partial charge in [-0.2, -0.15) is 0 Å². The minimum atomic E-state index is -0.119. The van der Waals surface area contributed by atoms with Crippen LogP contribution in [0.1, 0.15) is 16.9 Å². The molecule has 1 saturated heterocycles. The van der Waals surface area contributed by atoms with Gasteiger partial charge in [-0.15, -0.1) is 0 Å². The smallest absolute Gasteiger partial charge is 0.270 e. The summed E-state index contributed by atoms with van der Waals surface area (Å²) in [4.78, 5) is 16.2. The quantitative estimate of drug-likeness (QED) is 0.356. The molecule has 1 fully saturated rings. The fourth-order valence-corrected chi connectivity index (χ4v) is 4.83. The molecule has 1 aliphatic rings. The highest BCUT2D eigenvalue weighted by Gasteiger charge is 2.33. The SMILES string of the molecule is Cc1ccc(N2C(=O)/C(=C\c3ccc(Sc4ccccc4)o3)SC2=S)cc1C. The van der Waals surface area contributed by atoms with Crippen molar-refractivity contribution >= 4 is 57.7 Å². The van der Waals surface area contributed by atoms with Crippen molar-refractivity contribution in [2.24, 2.45) is 0 Å². The van der Waals surface area contributed by atoms with Crippen molar-refractivity contribution in [1.82, 2.24) is 0 Å². The molecule has 0 unspecified atom stereocenters. The van der Waals surface area contributed by atoms with E-state index in [1.807, 2.05) is 74.5 Å². The maximum atomic E-state index is 12.9. The second-order valence-corrected chi connectivity index (χ2v) is 9.11. The number of carbonyl (C=O) groups excluding carboxylic acids is 1. The normalized spacial score (nSPS) is 15.6. The summed E-state index contributed by atoms with van der Waals surface area (Å²) < 4.78 is 6.40. The largest absolute Gasteiger partial charge is 0.450 e. The predicted octanol–water partition coefficient (Wildman–Crippen LogP) is 6.45. The van der Waals surface area contributed by atoms with Gasteiger partial charge in [-0.3, -0.25) is 9.69 Å². The summed E-state index contributed by atoms with van der Waals surface area (Å²) in [6, 6.07) is 19.7. The van der Waals surface area contributed by atoms with Crippen LogP contribution in [0, 0.1) is 13.8 Å². The summed E-state index contributed by atoms with van der Waals surface area (Å²) in [6.45, 7) is 4.08. The Labute approximate surface area is 177 Å². The summed E-state index contributed by atoms with van der Waals surface area (Å²) in [5.41, 5.74) is 3.11. The van der Waals surface area contributed by atoms with Gasteiger partial charge in [0.05, 0.1) is 10.6 Å². The standard InChI is InChI=1S/C22H17NO2S3/c1-14-8-9-16(12-15(14)2)23-21(24)19(28-22(23)26)13-17-10-11-20(25-17)27-18-6-4-3-5-7-18/h3-13H,1-2H3/b19-13+. The Morgan fingerprint density at radius 3 is 2.57 bits per heavy atom. The highest BCUT2D eigenvalue weighted by atomic mass is 32.2. The lowest BCUT2D eigenvalue weighted by Gasteiger charge is -2.15.